The van der Waals surface area contributed by atoms with Crippen molar-refractivity contribution in [3.63, 3.8) is 0 Å². The zero-order valence-corrected chi connectivity index (χ0v) is 10.2. The third-order valence-electron chi connectivity index (χ3n) is 3.25. The van der Waals surface area contributed by atoms with Crippen molar-refractivity contribution in [2.45, 2.75) is 12.3 Å². The Morgan fingerprint density at radius 3 is 2.83 bits per heavy atom. The Labute approximate surface area is 109 Å². The fourth-order valence-corrected chi connectivity index (χ4v) is 2.82. The van der Waals surface area contributed by atoms with Crippen molar-refractivity contribution in [3.05, 3.63) is 52.7 Å². The van der Waals surface area contributed by atoms with Crippen LogP contribution in [0.4, 0.5) is 0 Å². The minimum atomic E-state index is -0.817. The molecule has 1 aliphatic rings. The second-order valence-corrected chi connectivity index (χ2v) is 4.70. The van der Waals surface area contributed by atoms with Gasteiger partial charge in [0, 0.05) is 17.7 Å². The molecule has 0 bridgehead atoms. The van der Waals surface area contributed by atoms with E-state index < -0.39 is 5.97 Å². The zero-order valence-electron chi connectivity index (χ0n) is 9.43. The minimum absolute atomic E-state index is 0.0615. The molecule has 1 atom stereocenters. The molecule has 0 saturated carbocycles. The molecule has 0 fully saturated rings. The molecule has 3 nitrogen and oxygen atoms in total. The van der Waals surface area contributed by atoms with Crippen LogP contribution in [0, 0.1) is 0 Å². The SMILES string of the molecule is O=C(O)CC1c2cccnc2-c2c(Cl)cccc21. The maximum Gasteiger partial charge on any atom is 0.304 e. The highest BCUT2D eigenvalue weighted by Crippen LogP contribution is 2.47. The normalized spacial score (nSPS) is 16.2. The van der Waals surface area contributed by atoms with Gasteiger partial charge in [-0.1, -0.05) is 29.8 Å². The van der Waals surface area contributed by atoms with E-state index >= 15 is 0 Å². The van der Waals surface area contributed by atoms with Gasteiger partial charge in [0.05, 0.1) is 17.1 Å². The highest BCUT2D eigenvalue weighted by molar-refractivity contribution is 6.33. The lowest BCUT2D eigenvalue weighted by atomic mass is 9.94. The van der Waals surface area contributed by atoms with Crippen LogP contribution in [0.1, 0.15) is 23.5 Å². The van der Waals surface area contributed by atoms with Gasteiger partial charge in [0.1, 0.15) is 0 Å². The monoisotopic (exact) mass is 259 g/mol. The Morgan fingerprint density at radius 1 is 1.28 bits per heavy atom. The van der Waals surface area contributed by atoms with Gasteiger partial charge in [-0.2, -0.15) is 0 Å². The number of carboxylic acids is 1. The topological polar surface area (TPSA) is 50.2 Å². The molecule has 1 aliphatic carbocycles. The molecule has 18 heavy (non-hydrogen) atoms. The number of halogens is 1. The quantitative estimate of drug-likeness (QED) is 0.900. The van der Waals surface area contributed by atoms with Crippen LogP contribution in [0.5, 0.6) is 0 Å². The third-order valence-corrected chi connectivity index (χ3v) is 3.57. The fraction of sp³-hybridized carbons (Fsp3) is 0.143. The number of hydrogen-bond acceptors (Lipinski definition) is 2. The van der Waals surface area contributed by atoms with E-state index in [2.05, 4.69) is 4.98 Å². The second kappa shape index (κ2) is 4.10. The van der Waals surface area contributed by atoms with Gasteiger partial charge in [0.25, 0.3) is 0 Å². The number of hydrogen-bond donors (Lipinski definition) is 1. The lowest BCUT2D eigenvalue weighted by molar-refractivity contribution is -0.137. The van der Waals surface area contributed by atoms with Crippen molar-refractivity contribution in [2.24, 2.45) is 0 Å². The highest BCUT2D eigenvalue weighted by Gasteiger charge is 2.32. The third kappa shape index (κ3) is 1.59. The lowest BCUT2D eigenvalue weighted by Crippen LogP contribution is -2.05. The molecule has 0 saturated heterocycles. The molecule has 0 aliphatic heterocycles. The van der Waals surface area contributed by atoms with Gasteiger partial charge in [-0.05, 0) is 23.3 Å². The van der Waals surface area contributed by atoms with E-state index in [9.17, 15) is 4.79 Å². The van der Waals surface area contributed by atoms with E-state index in [1.54, 1.807) is 6.20 Å². The molecule has 1 aromatic carbocycles. The average molecular weight is 260 g/mol. The van der Waals surface area contributed by atoms with Crippen molar-refractivity contribution < 1.29 is 9.90 Å². The molecular weight excluding hydrogens is 250 g/mol. The number of carbonyl (C=O) groups is 1. The zero-order chi connectivity index (χ0) is 12.7. The molecule has 3 rings (SSSR count). The predicted octanol–water partition coefficient (Wildman–Crippen LogP) is 3.32. The average Bonchev–Trinajstić information content (AvgIpc) is 2.65. The lowest BCUT2D eigenvalue weighted by Gasteiger charge is -2.09. The van der Waals surface area contributed by atoms with Gasteiger partial charge in [0.2, 0.25) is 0 Å². The molecule has 2 aromatic rings. The molecule has 4 heteroatoms. The van der Waals surface area contributed by atoms with Crippen molar-refractivity contribution in [1.29, 1.82) is 0 Å². The summed E-state index contributed by atoms with van der Waals surface area (Å²) in [6.07, 6.45) is 1.77. The summed E-state index contributed by atoms with van der Waals surface area (Å²) in [5.41, 5.74) is 3.59. The maximum absolute atomic E-state index is 11.0. The Morgan fingerprint density at radius 2 is 2.06 bits per heavy atom. The van der Waals surface area contributed by atoms with Crippen LogP contribution in [-0.4, -0.2) is 16.1 Å². The summed E-state index contributed by atoms with van der Waals surface area (Å²) >= 11 is 6.21. The molecule has 0 amide bonds. The number of carboxylic acid groups (broad SMARTS) is 1. The first-order valence-electron chi connectivity index (χ1n) is 5.64. The van der Waals surface area contributed by atoms with Crippen molar-refractivity contribution in [2.75, 3.05) is 0 Å². The van der Waals surface area contributed by atoms with Gasteiger partial charge in [-0.15, -0.1) is 0 Å². The van der Waals surface area contributed by atoms with Crippen molar-refractivity contribution in [3.8, 4) is 11.3 Å². The first-order chi connectivity index (χ1) is 8.68. The highest BCUT2D eigenvalue weighted by atomic mass is 35.5. The number of aliphatic carboxylic acids is 1. The van der Waals surface area contributed by atoms with Crippen LogP contribution in [0.25, 0.3) is 11.3 Å². The van der Waals surface area contributed by atoms with Crippen LogP contribution in [0.2, 0.25) is 5.02 Å². The van der Waals surface area contributed by atoms with E-state index in [4.69, 9.17) is 16.7 Å². The minimum Gasteiger partial charge on any atom is -0.481 e. The Bertz CT molecular complexity index is 639. The summed E-state index contributed by atoms with van der Waals surface area (Å²) in [7, 11) is 0. The van der Waals surface area contributed by atoms with Crippen LogP contribution in [0.15, 0.2) is 36.5 Å². The Kier molecular flexibility index (Phi) is 2.56. The predicted molar refractivity (Wildman–Crippen MR) is 68.8 cm³/mol. The van der Waals surface area contributed by atoms with Gasteiger partial charge >= 0.3 is 5.97 Å². The molecular formula is C14H10ClNO2. The molecule has 0 radical (unpaired) electrons. The van der Waals surface area contributed by atoms with Crippen LogP contribution in [0.3, 0.4) is 0 Å². The first-order valence-corrected chi connectivity index (χ1v) is 6.01. The van der Waals surface area contributed by atoms with E-state index in [1.165, 1.54) is 0 Å². The second-order valence-electron chi connectivity index (χ2n) is 4.30. The number of rotatable bonds is 2. The van der Waals surface area contributed by atoms with Crippen LogP contribution >= 0.6 is 11.6 Å². The largest absolute Gasteiger partial charge is 0.481 e. The van der Waals surface area contributed by atoms with Crippen molar-refractivity contribution >= 4 is 17.6 Å². The van der Waals surface area contributed by atoms with Gasteiger partial charge < -0.3 is 5.11 Å². The van der Waals surface area contributed by atoms with Crippen LogP contribution in [-0.2, 0) is 4.79 Å². The number of aromatic nitrogens is 1. The van der Waals surface area contributed by atoms with E-state index in [-0.39, 0.29) is 12.3 Å². The summed E-state index contributed by atoms with van der Waals surface area (Å²) in [4.78, 5) is 15.3. The van der Waals surface area contributed by atoms with Gasteiger partial charge in [0.15, 0.2) is 0 Å². The number of nitrogens with zero attached hydrogens (tertiary/aromatic N) is 1. The van der Waals surface area contributed by atoms with E-state index in [1.807, 2.05) is 30.3 Å². The molecule has 90 valence electrons. The Balaban J connectivity index is 2.25. The molecule has 1 unspecified atom stereocenters. The number of benzene rings is 1. The first kappa shape index (κ1) is 11.2. The number of fused-ring (bicyclic) bond motifs is 3. The number of pyridine rings is 1. The fourth-order valence-electron chi connectivity index (χ4n) is 2.55. The van der Waals surface area contributed by atoms with Gasteiger partial charge in [-0.3, -0.25) is 9.78 Å². The maximum atomic E-state index is 11.0. The standard InChI is InChI=1S/C14H10ClNO2/c15-11-5-1-3-8-10(7-12(17)18)9-4-2-6-16-14(9)13(8)11/h1-6,10H,7H2,(H,17,18). The molecule has 1 N–H and O–H groups in total. The molecule has 1 aromatic heterocycles. The van der Waals surface area contributed by atoms with E-state index in [0.29, 0.717) is 5.02 Å². The summed E-state index contributed by atoms with van der Waals surface area (Å²) in [5, 5.41) is 9.67. The van der Waals surface area contributed by atoms with Crippen molar-refractivity contribution in [1.82, 2.24) is 4.98 Å². The molecule has 1 heterocycles. The summed E-state index contributed by atoms with van der Waals surface area (Å²) < 4.78 is 0. The molecule has 0 spiro atoms. The summed E-state index contributed by atoms with van der Waals surface area (Å²) in [5.74, 6) is -0.970. The Hall–Kier alpha value is -1.87. The van der Waals surface area contributed by atoms with E-state index in [0.717, 1.165) is 22.4 Å². The smallest absolute Gasteiger partial charge is 0.304 e. The summed E-state index contributed by atoms with van der Waals surface area (Å²) in [6, 6.07) is 9.33. The van der Waals surface area contributed by atoms with Gasteiger partial charge in [-0.25, -0.2) is 0 Å². The van der Waals surface area contributed by atoms with Crippen LogP contribution < -0.4 is 0 Å². The summed E-state index contributed by atoms with van der Waals surface area (Å²) in [6.45, 7) is 0.